The molecule has 3 rings (SSSR count). The van der Waals surface area contributed by atoms with Crippen molar-refractivity contribution >= 4 is 21.9 Å². The van der Waals surface area contributed by atoms with Gasteiger partial charge in [0.1, 0.15) is 0 Å². The number of esters is 1. The van der Waals surface area contributed by atoms with Crippen LogP contribution in [-0.2, 0) is 19.6 Å². The Labute approximate surface area is 174 Å². The van der Waals surface area contributed by atoms with Crippen LogP contribution in [0.25, 0.3) is 0 Å². The van der Waals surface area contributed by atoms with E-state index in [-0.39, 0.29) is 23.3 Å². The molecule has 1 aliphatic heterocycles. The first-order chi connectivity index (χ1) is 14.2. The highest BCUT2D eigenvalue weighted by molar-refractivity contribution is 7.89. The number of hydrogen-bond donors (Lipinski definition) is 1. The molecule has 1 atom stereocenters. The van der Waals surface area contributed by atoms with Crippen molar-refractivity contribution in [1.29, 1.82) is 0 Å². The maximum Gasteiger partial charge on any atom is 0.338 e. The molecule has 1 unspecified atom stereocenters. The second-order valence-corrected chi connectivity index (χ2v) is 8.95. The molecule has 0 fully saturated rings. The molecular weight excluding hydrogens is 412 g/mol. The molecule has 9 nitrogen and oxygen atoms in total. The number of carbonyl (C=O) groups is 2. The van der Waals surface area contributed by atoms with Crippen molar-refractivity contribution in [3.63, 3.8) is 0 Å². The Bertz CT molecular complexity index is 1070. The highest BCUT2D eigenvalue weighted by atomic mass is 32.2. The van der Waals surface area contributed by atoms with Gasteiger partial charge in [0.15, 0.2) is 18.1 Å². The summed E-state index contributed by atoms with van der Waals surface area (Å²) in [6.45, 7) is 1.44. The molecule has 0 saturated carbocycles. The number of benzene rings is 2. The van der Waals surface area contributed by atoms with Crippen molar-refractivity contribution in [2.45, 2.75) is 17.9 Å². The number of carbonyl (C=O) groups excluding carboxylic acids is 2. The van der Waals surface area contributed by atoms with E-state index in [1.54, 1.807) is 25.1 Å². The van der Waals surface area contributed by atoms with Crippen molar-refractivity contribution < 1.29 is 32.2 Å². The van der Waals surface area contributed by atoms with Gasteiger partial charge in [-0.2, -0.15) is 0 Å². The third-order valence-electron chi connectivity index (χ3n) is 4.46. The van der Waals surface area contributed by atoms with E-state index >= 15 is 0 Å². The van der Waals surface area contributed by atoms with E-state index in [1.807, 2.05) is 0 Å². The van der Waals surface area contributed by atoms with Crippen molar-refractivity contribution in [3.05, 3.63) is 53.6 Å². The maximum absolute atomic E-state index is 12.2. The molecule has 0 aromatic heterocycles. The Morgan fingerprint density at radius 1 is 1.13 bits per heavy atom. The molecule has 10 heteroatoms. The summed E-state index contributed by atoms with van der Waals surface area (Å²) in [5, 5.41) is 2.73. The lowest BCUT2D eigenvalue weighted by molar-refractivity contribution is -0.124. The summed E-state index contributed by atoms with van der Waals surface area (Å²) >= 11 is 0. The van der Waals surface area contributed by atoms with E-state index in [2.05, 4.69) is 5.32 Å². The zero-order chi connectivity index (χ0) is 21.9. The number of fused-ring (bicyclic) bond motifs is 1. The van der Waals surface area contributed by atoms with Gasteiger partial charge in [-0.15, -0.1) is 0 Å². The zero-order valence-electron chi connectivity index (χ0n) is 16.7. The first-order valence-electron chi connectivity index (χ1n) is 9.07. The molecule has 0 aliphatic carbocycles. The van der Waals surface area contributed by atoms with Crippen molar-refractivity contribution in [1.82, 2.24) is 9.62 Å². The van der Waals surface area contributed by atoms with Crippen LogP contribution >= 0.6 is 0 Å². The summed E-state index contributed by atoms with van der Waals surface area (Å²) in [7, 11) is -0.898. The minimum atomic E-state index is -3.69. The Morgan fingerprint density at radius 3 is 2.60 bits per heavy atom. The van der Waals surface area contributed by atoms with Crippen molar-refractivity contribution in [2.75, 3.05) is 27.5 Å². The monoisotopic (exact) mass is 434 g/mol. The number of nitrogens with one attached hydrogen (secondary N) is 1. The summed E-state index contributed by atoms with van der Waals surface area (Å²) in [5.74, 6) is -0.0421. The van der Waals surface area contributed by atoms with Gasteiger partial charge in [0.2, 0.25) is 16.8 Å². The van der Waals surface area contributed by atoms with Gasteiger partial charge in [-0.1, -0.05) is 12.1 Å². The number of hydrogen-bond acceptors (Lipinski definition) is 7. The fourth-order valence-electron chi connectivity index (χ4n) is 2.76. The summed E-state index contributed by atoms with van der Waals surface area (Å²) in [4.78, 5) is 24.4. The van der Waals surface area contributed by atoms with E-state index in [0.29, 0.717) is 11.5 Å². The van der Waals surface area contributed by atoms with E-state index < -0.39 is 28.5 Å². The van der Waals surface area contributed by atoms with Gasteiger partial charge in [-0.05, 0) is 42.8 Å². The topological polar surface area (TPSA) is 111 Å². The maximum atomic E-state index is 12.2. The lowest BCUT2D eigenvalue weighted by Crippen LogP contribution is -2.31. The smallest absolute Gasteiger partial charge is 0.338 e. The summed E-state index contributed by atoms with van der Waals surface area (Å²) in [5.41, 5.74) is 0.843. The summed E-state index contributed by atoms with van der Waals surface area (Å²) < 4.78 is 41.0. The first kappa shape index (κ1) is 21.6. The molecule has 30 heavy (non-hydrogen) atoms. The molecule has 1 N–H and O–H groups in total. The normalized spacial score (nSPS) is 13.7. The standard InChI is InChI=1S/C20H22N2O7S/c1-13(14-7-8-17-18(10-14)29-12-28-17)21-19(23)11-27-20(24)15-5-4-6-16(9-15)30(25,26)22(2)3/h4-10,13H,11-12H2,1-3H3,(H,21,23). The predicted octanol–water partition coefficient (Wildman–Crippen LogP) is 1.70. The zero-order valence-corrected chi connectivity index (χ0v) is 17.6. The SMILES string of the molecule is CC(NC(=O)COC(=O)c1cccc(S(=O)(=O)N(C)C)c1)c1ccc2c(c1)OCO2. The lowest BCUT2D eigenvalue weighted by atomic mass is 10.1. The molecule has 0 spiro atoms. The molecular formula is C20H22N2O7S. The number of ether oxygens (including phenoxy) is 3. The van der Waals surface area contributed by atoms with Crippen LogP contribution in [0.2, 0.25) is 0 Å². The quantitative estimate of drug-likeness (QED) is 0.660. The second kappa shape index (κ2) is 8.72. The highest BCUT2D eigenvalue weighted by Gasteiger charge is 2.20. The van der Waals surface area contributed by atoms with Gasteiger partial charge in [0.25, 0.3) is 5.91 Å². The van der Waals surface area contributed by atoms with Gasteiger partial charge < -0.3 is 19.5 Å². The number of sulfonamides is 1. The molecule has 1 heterocycles. The van der Waals surface area contributed by atoms with Crippen LogP contribution in [0.5, 0.6) is 11.5 Å². The first-order valence-corrected chi connectivity index (χ1v) is 10.5. The Morgan fingerprint density at radius 2 is 1.87 bits per heavy atom. The molecule has 2 aromatic carbocycles. The van der Waals surface area contributed by atoms with Gasteiger partial charge in [0, 0.05) is 14.1 Å². The minimum Gasteiger partial charge on any atom is -0.454 e. The molecule has 1 amide bonds. The van der Waals surface area contributed by atoms with E-state index in [0.717, 1.165) is 9.87 Å². The minimum absolute atomic E-state index is 0.0366. The molecule has 2 aromatic rings. The van der Waals surface area contributed by atoms with Crippen LogP contribution < -0.4 is 14.8 Å². The van der Waals surface area contributed by atoms with Gasteiger partial charge >= 0.3 is 5.97 Å². The van der Waals surface area contributed by atoms with Crippen LogP contribution in [-0.4, -0.2) is 52.1 Å². The van der Waals surface area contributed by atoms with Crippen LogP contribution in [0.4, 0.5) is 0 Å². The third-order valence-corrected chi connectivity index (χ3v) is 6.27. The van der Waals surface area contributed by atoms with Crippen LogP contribution in [0.15, 0.2) is 47.4 Å². The predicted molar refractivity (Wildman–Crippen MR) is 107 cm³/mol. The molecule has 0 saturated heterocycles. The Kier molecular flexibility index (Phi) is 6.28. The summed E-state index contributed by atoms with van der Waals surface area (Å²) in [6.07, 6.45) is 0. The molecule has 0 radical (unpaired) electrons. The van der Waals surface area contributed by atoms with Crippen LogP contribution in [0, 0.1) is 0 Å². The van der Waals surface area contributed by atoms with E-state index in [1.165, 1.54) is 38.4 Å². The average Bonchev–Trinajstić information content (AvgIpc) is 3.19. The highest BCUT2D eigenvalue weighted by Crippen LogP contribution is 2.34. The van der Waals surface area contributed by atoms with E-state index in [9.17, 15) is 18.0 Å². The van der Waals surface area contributed by atoms with Gasteiger partial charge in [-0.25, -0.2) is 17.5 Å². The number of nitrogens with zero attached hydrogens (tertiary/aromatic N) is 1. The fourth-order valence-corrected chi connectivity index (χ4v) is 3.71. The number of rotatable bonds is 7. The molecule has 160 valence electrons. The Balaban J connectivity index is 1.58. The Hall–Kier alpha value is -3.11. The van der Waals surface area contributed by atoms with Gasteiger partial charge in [0.05, 0.1) is 16.5 Å². The van der Waals surface area contributed by atoms with Crippen molar-refractivity contribution in [3.8, 4) is 11.5 Å². The van der Waals surface area contributed by atoms with Crippen LogP contribution in [0.3, 0.4) is 0 Å². The third kappa shape index (κ3) is 4.71. The van der Waals surface area contributed by atoms with Crippen molar-refractivity contribution in [2.24, 2.45) is 0 Å². The largest absolute Gasteiger partial charge is 0.454 e. The molecule has 1 aliphatic rings. The lowest BCUT2D eigenvalue weighted by Gasteiger charge is -2.15. The summed E-state index contributed by atoms with van der Waals surface area (Å²) in [6, 6.07) is 10.4. The second-order valence-electron chi connectivity index (χ2n) is 6.79. The van der Waals surface area contributed by atoms with Crippen LogP contribution in [0.1, 0.15) is 28.9 Å². The fraction of sp³-hybridized carbons (Fsp3) is 0.300. The molecule has 0 bridgehead atoms. The van der Waals surface area contributed by atoms with E-state index in [4.69, 9.17) is 14.2 Å². The average molecular weight is 434 g/mol. The van der Waals surface area contributed by atoms with Gasteiger partial charge in [-0.3, -0.25) is 4.79 Å². The number of amides is 1.